The van der Waals surface area contributed by atoms with Gasteiger partial charge in [0.2, 0.25) is 0 Å². The Labute approximate surface area is 98.9 Å². The number of nitrogens with zero attached hydrogens (tertiary/aromatic N) is 1. The van der Waals surface area contributed by atoms with Gasteiger partial charge >= 0.3 is 0 Å². The molecule has 2 N–H and O–H groups in total. The fraction of sp³-hybridized carbons (Fsp3) is 0.222. The van der Waals surface area contributed by atoms with Crippen LogP contribution in [0.1, 0.15) is 10.6 Å². The molecule has 0 spiro atoms. The Hall–Kier alpha value is -0.230. The summed E-state index contributed by atoms with van der Waals surface area (Å²) in [5, 5.41) is 1.07. The van der Waals surface area contributed by atoms with Gasteiger partial charge in [-0.15, -0.1) is 22.7 Å². The molecule has 0 radical (unpaired) electrons. The second kappa shape index (κ2) is 4.10. The van der Waals surface area contributed by atoms with Crippen LogP contribution < -0.4 is 5.73 Å². The molecular formula is C9H9BrN2S2. The lowest BCUT2D eigenvalue weighted by Gasteiger charge is -1.86. The number of halogens is 1. The third-order valence-corrected chi connectivity index (χ3v) is 4.83. The Balaban J connectivity index is 2.42. The molecule has 2 aromatic rings. The molecule has 0 atom stereocenters. The molecule has 0 aromatic carbocycles. The van der Waals surface area contributed by atoms with Crippen LogP contribution >= 0.6 is 38.6 Å². The van der Waals surface area contributed by atoms with Crippen molar-refractivity contribution in [2.45, 2.75) is 13.5 Å². The summed E-state index contributed by atoms with van der Waals surface area (Å²) < 4.78 is 1.13. The topological polar surface area (TPSA) is 38.9 Å². The average molecular weight is 289 g/mol. The highest BCUT2D eigenvalue weighted by atomic mass is 79.9. The summed E-state index contributed by atoms with van der Waals surface area (Å²) in [6.07, 6.45) is 0. The maximum absolute atomic E-state index is 5.61. The smallest absolute Gasteiger partial charge is 0.133 e. The summed E-state index contributed by atoms with van der Waals surface area (Å²) in [4.78, 5) is 6.86. The van der Waals surface area contributed by atoms with Crippen molar-refractivity contribution < 1.29 is 0 Å². The van der Waals surface area contributed by atoms with Gasteiger partial charge in [-0.3, -0.25) is 0 Å². The van der Waals surface area contributed by atoms with E-state index >= 15 is 0 Å². The summed E-state index contributed by atoms with van der Waals surface area (Å²) in [7, 11) is 0. The van der Waals surface area contributed by atoms with Crippen LogP contribution in [0.4, 0.5) is 0 Å². The van der Waals surface area contributed by atoms with Gasteiger partial charge < -0.3 is 5.73 Å². The van der Waals surface area contributed by atoms with Crippen LogP contribution in [0.5, 0.6) is 0 Å². The normalized spacial score (nSPS) is 10.8. The highest BCUT2D eigenvalue weighted by Gasteiger charge is 2.09. The molecule has 2 rings (SSSR count). The minimum atomic E-state index is 0.579. The van der Waals surface area contributed by atoms with Crippen LogP contribution in [0.3, 0.4) is 0 Å². The van der Waals surface area contributed by atoms with E-state index < -0.39 is 0 Å². The number of hydrogen-bond acceptors (Lipinski definition) is 4. The molecule has 0 amide bonds. The molecule has 0 unspecified atom stereocenters. The molecule has 0 saturated heterocycles. The maximum atomic E-state index is 5.61. The van der Waals surface area contributed by atoms with Gasteiger partial charge in [0, 0.05) is 11.4 Å². The van der Waals surface area contributed by atoms with E-state index in [4.69, 9.17) is 5.73 Å². The largest absolute Gasteiger partial charge is 0.326 e. The number of aryl methyl sites for hydroxylation is 1. The molecule has 0 aliphatic heterocycles. The van der Waals surface area contributed by atoms with Crippen LogP contribution in [0.15, 0.2) is 15.9 Å². The van der Waals surface area contributed by atoms with E-state index in [2.05, 4.69) is 27.0 Å². The first kappa shape index (κ1) is 10.3. The third-order valence-electron chi connectivity index (χ3n) is 1.86. The molecule has 0 saturated carbocycles. The standard InChI is InChI=1S/C9H9BrN2S2/c1-5-7(4-11)14-9(12-5)6-2-3-8(10)13-6/h2-3H,4,11H2,1H3. The zero-order chi connectivity index (χ0) is 10.1. The number of rotatable bonds is 2. The van der Waals surface area contributed by atoms with Crippen molar-refractivity contribution in [2.75, 3.05) is 0 Å². The van der Waals surface area contributed by atoms with Crippen molar-refractivity contribution in [3.63, 3.8) is 0 Å². The summed E-state index contributed by atoms with van der Waals surface area (Å²) in [6.45, 7) is 2.58. The summed E-state index contributed by atoms with van der Waals surface area (Å²) in [5.41, 5.74) is 6.66. The third kappa shape index (κ3) is 1.91. The SMILES string of the molecule is Cc1nc(-c2ccc(Br)s2)sc1CN. The molecule has 14 heavy (non-hydrogen) atoms. The summed E-state index contributed by atoms with van der Waals surface area (Å²) >= 11 is 6.82. The predicted octanol–water partition coefficient (Wildman–Crippen LogP) is 3.40. The fourth-order valence-electron chi connectivity index (χ4n) is 1.15. The van der Waals surface area contributed by atoms with E-state index in [0.717, 1.165) is 14.5 Å². The number of thiophene rings is 1. The minimum absolute atomic E-state index is 0.579. The average Bonchev–Trinajstić information content (AvgIpc) is 2.71. The minimum Gasteiger partial charge on any atom is -0.326 e. The van der Waals surface area contributed by atoms with Crippen molar-refractivity contribution in [2.24, 2.45) is 5.73 Å². The second-order valence-electron chi connectivity index (χ2n) is 2.84. The zero-order valence-electron chi connectivity index (χ0n) is 7.58. The van der Waals surface area contributed by atoms with E-state index in [1.165, 1.54) is 9.75 Å². The van der Waals surface area contributed by atoms with Gasteiger partial charge in [-0.1, -0.05) is 0 Å². The van der Waals surface area contributed by atoms with Gasteiger partial charge in [0.05, 0.1) is 14.4 Å². The number of aromatic nitrogens is 1. The van der Waals surface area contributed by atoms with E-state index in [1.807, 2.05) is 13.0 Å². The number of nitrogens with two attached hydrogens (primary N) is 1. The molecule has 2 heterocycles. The van der Waals surface area contributed by atoms with Gasteiger partial charge in [0.25, 0.3) is 0 Å². The van der Waals surface area contributed by atoms with Crippen LogP contribution in [0.2, 0.25) is 0 Å². The Morgan fingerprint density at radius 2 is 2.21 bits per heavy atom. The van der Waals surface area contributed by atoms with Gasteiger partial charge in [0.1, 0.15) is 5.01 Å². The van der Waals surface area contributed by atoms with Crippen molar-refractivity contribution in [3.05, 3.63) is 26.5 Å². The molecule has 0 aliphatic carbocycles. The van der Waals surface area contributed by atoms with Crippen molar-refractivity contribution in [3.8, 4) is 9.88 Å². The van der Waals surface area contributed by atoms with Crippen molar-refractivity contribution >= 4 is 38.6 Å². The highest BCUT2D eigenvalue weighted by Crippen LogP contribution is 2.34. The zero-order valence-corrected chi connectivity index (χ0v) is 10.8. The fourth-order valence-corrected chi connectivity index (χ4v) is 3.53. The van der Waals surface area contributed by atoms with Crippen molar-refractivity contribution in [1.82, 2.24) is 4.98 Å². The number of thiazole rings is 1. The molecule has 0 aliphatic rings. The predicted molar refractivity (Wildman–Crippen MR) is 65.8 cm³/mol. The lowest BCUT2D eigenvalue weighted by molar-refractivity contribution is 1.06. The van der Waals surface area contributed by atoms with Gasteiger partial charge in [-0.2, -0.15) is 0 Å². The van der Waals surface area contributed by atoms with Gasteiger partial charge in [-0.05, 0) is 35.0 Å². The molecular weight excluding hydrogens is 280 g/mol. The first-order valence-corrected chi connectivity index (χ1v) is 6.55. The Bertz CT molecular complexity index is 447. The van der Waals surface area contributed by atoms with E-state index in [0.29, 0.717) is 6.54 Å². The summed E-state index contributed by atoms with van der Waals surface area (Å²) in [6, 6.07) is 4.12. The lowest BCUT2D eigenvalue weighted by Crippen LogP contribution is -1.94. The van der Waals surface area contributed by atoms with E-state index in [-0.39, 0.29) is 0 Å². The van der Waals surface area contributed by atoms with E-state index in [9.17, 15) is 0 Å². The maximum Gasteiger partial charge on any atom is 0.133 e. The van der Waals surface area contributed by atoms with Gasteiger partial charge in [-0.25, -0.2) is 4.98 Å². The molecule has 0 fully saturated rings. The Morgan fingerprint density at radius 1 is 1.43 bits per heavy atom. The quantitative estimate of drug-likeness (QED) is 0.920. The molecule has 74 valence electrons. The molecule has 2 nitrogen and oxygen atoms in total. The first-order chi connectivity index (χ1) is 6.70. The highest BCUT2D eigenvalue weighted by molar-refractivity contribution is 9.11. The van der Waals surface area contributed by atoms with Crippen LogP contribution in [-0.2, 0) is 6.54 Å². The Morgan fingerprint density at radius 3 is 2.71 bits per heavy atom. The molecule has 2 aromatic heterocycles. The van der Waals surface area contributed by atoms with Gasteiger partial charge in [0.15, 0.2) is 0 Å². The van der Waals surface area contributed by atoms with Crippen LogP contribution in [-0.4, -0.2) is 4.98 Å². The summed E-state index contributed by atoms with van der Waals surface area (Å²) in [5.74, 6) is 0. The molecule has 5 heteroatoms. The monoisotopic (exact) mass is 288 g/mol. The second-order valence-corrected chi connectivity index (χ2v) is 6.38. The Kier molecular flexibility index (Phi) is 3.02. The van der Waals surface area contributed by atoms with Crippen LogP contribution in [0, 0.1) is 6.92 Å². The van der Waals surface area contributed by atoms with E-state index in [1.54, 1.807) is 22.7 Å². The lowest BCUT2D eigenvalue weighted by atomic mass is 10.4. The van der Waals surface area contributed by atoms with Crippen molar-refractivity contribution in [1.29, 1.82) is 0 Å². The number of hydrogen-bond donors (Lipinski definition) is 1. The first-order valence-electron chi connectivity index (χ1n) is 4.13. The molecule has 0 bridgehead atoms. The van der Waals surface area contributed by atoms with Crippen LogP contribution in [0.25, 0.3) is 9.88 Å².